The molecule has 2 aromatic heterocycles. The molecule has 10 aromatic rings. The minimum atomic E-state index is -0.242. The molecule has 0 aliphatic heterocycles. The number of hydrogen-bond donors (Lipinski definition) is 0. The maximum Gasteiger partial charge on any atom is 0.0995 e. The van der Waals surface area contributed by atoms with Gasteiger partial charge < -0.3 is 4.40 Å². The zero-order valence-electron chi connectivity index (χ0n) is 33.4. The van der Waals surface area contributed by atoms with Crippen molar-refractivity contribution in [3.8, 4) is 23.3 Å². The second-order valence-corrected chi connectivity index (χ2v) is 19.1. The van der Waals surface area contributed by atoms with Crippen LogP contribution in [-0.4, -0.2) is 4.40 Å². The van der Waals surface area contributed by atoms with E-state index in [9.17, 15) is 10.5 Å². The van der Waals surface area contributed by atoms with Crippen LogP contribution >= 0.6 is 0 Å². The van der Waals surface area contributed by atoms with Gasteiger partial charge in [-0.2, -0.15) is 10.5 Å². The number of benzene rings is 8. The van der Waals surface area contributed by atoms with Crippen LogP contribution in [0.1, 0.15) is 127 Å². The second-order valence-electron chi connectivity index (χ2n) is 19.1. The molecular formula is C58H33N3. The molecule has 8 aromatic carbocycles. The molecule has 2 bridgehead atoms. The van der Waals surface area contributed by atoms with E-state index in [-0.39, 0.29) is 34.5 Å². The fraction of sp³-hybridized carbons (Fsp3) is 0.138. The molecule has 3 nitrogen and oxygen atoms in total. The van der Waals surface area contributed by atoms with Gasteiger partial charge in [0, 0.05) is 56.0 Å². The molecule has 0 N–H and O–H groups in total. The van der Waals surface area contributed by atoms with Gasteiger partial charge in [-0.15, -0.1) is 0 Å². The molecule has 3 atom stereocenters. The SMILES string of the molecule is CC1(C)c2ccccc2-c2c1cc1c3c4c(c(C#N)cc3n3c5cc(C#N)c6c(c5c2c13)C1c2ccccc2C6c2ccccc21)C1c2ccccc2C12c1ccccc1C42. The third kappa shape index (κ3) is 3.00. The highest BCUT2D eigenvalue weighted by Gasteiger charge is 2.70. The zero-order chi connectivity index (χ0) is 40.0. The maximum atomic E-state index is 11.3. The van der Waals surface area contributed by atoms with E-state index in [1.165, 1.54) is 111 Å². The van der Waals surface area contributed by atoms with Crippen molar-refractivity contribution in [1.82, 2.24) is 4.40 Å². The summed E-state index contributed by atoms with van der Waals surface area (Å²) >= 11 is 0. The van der Waals surface area contributed by atoms with E-state index in [4.69, 9.17) is 0 Å². The molecule has 0 saturated heterocycles. The van der Waals surface area contributed by atoms with Crippen molar-refractivity contribution in [1.29, 1.82) is 10.5 Å². The minimum Gasteiger partial charge on any atom is -0.308 e. The first-order chi connectivity index (χ1) is 30.0. The average Bonchev–Trinajstić information content (AvgIpc) is 3.95. The Hall–Kier alpha value is -7.46. The third-order valence-corrected chi connectivity index (χ3v) is 16.8. The van der Waals surface area contributed by atoms with Crippen LogP contribution in [0, 0.1) is 22.7 Å². The quantitative estimate of drug-likeness (QED) is 0.154. The van der Waals surface area contributed by atoms with Crippen molar-refractivity contribution in [3.05, 3.63) is 229 Å². The van der Waals surface area contributed by atoms with E-state index in [2.05, 4.69) is 170 Å². The summed E-state index contributed by atoms with van der Waals surface area (Å²) in [4.78, 5) is 0. The van der Waals surface area contributed by atoms with E-state index in [1.807, 2.05) is 0 Å². The normalized spacial score (nSPS) is 22.8. The van der Waals surface area contributed by atoms with Crippen molar-refractivity contribution in [2.24, 2.45) is 0 Å². The van der Waals surface area contributed by atoms with Gasteiger partial charge in [0.25, 0.3) is 0 Å². The smallest absolute Gasteiger partial charge is 0.0995 e. The van der Waals surface area contributed by atoms with Gasteiger partial charge in [0.2, 0.25) is 0 Å². The summed E-state index contributed by atoms with van der Waals surface area (Å²) in [6.45, 7) is 4.81. The summed E-state index contributed by atoms with van der Waals surface area (Å²) < 4.78 is 2.50. The van der Waals surface area contributed by atoms with Crippen molar-refractivity contribution >= 4 is 38.1 Å². The largest absolute Gasteiger partial charge is 0.308 e. The maximum absolute atomic E-state index is 11.3. The van der Waals surface area contributed by atoms with Crippen LogP contribution in [0.25, 0.3) is 49.2 Å². The van der Waals surface area contributed by atoms with Gasteiger partial charge in [-0.05, 0) is 107 Å². The van der Waals surface area contributed by atoms with Crippen molar-refractivity contribution in [2.75, 3.05) is 0 Å². The fourth-order valence-corrected chi connectivity index (χ4v) is 14.9. The lowest BCUT2D eigenvalue weighted by atomic mass is 9.43. The summed E-state index contributed by atoms with van der Waals surface area (Å²) in [5.74, 6) is 0.241. The second kappa shape index (κ2) is 9.77. The molecule has 0 saturated carbocycles. The molecule has 0 radical (unpaired) electrons. The van der Waals surface area contributed by atoms with Crippen LogP contribution in [0.3, 0.4) is 0 Å². The topological polar surface area (TPSA) is 52.0 Å². The Kier molecular flexibility index (Phi) is 5.04. The van der Waals surface area contributed by atoms with Crippen LogP contribution < -0.4 is 0 Å². The number of hydrogen-bond acceptors (Lipinski definition) is 2. The number of nitriles is 2. The first-order valence-corrected chi connectivity index (χ1v) is 21.7. The number of rotatable bonds is 0. The molecule has 61 heavy (non-hydrogen) atoms. The van der Waals surface area contributed by atoms with E-state index in [0.717, 1.165) is 27.7 Å². The van der Waals surface area contributed by atoms with Gasteiger partial charge in [-0.25, -0.2) is 0 Å². The minimum absolute atomic E-state index is 0.0136. The summed E-state index contributed by atoms with van der Waals surface area (Å²) in [5.41, 5.74) is 25.7. The van der Waals surface area contributed by atoms with Gasteiger partial charge in [0.05, 0.1) is 39.8 Å². The Labute approximate surface area is 351 Å². The Bertz CT molecular complexity index is 3870. The first kappa shape index (κ1) is 31.5. The molecule has 0 amide bonds. The lowest BCUT2D eigenvalue weighted by molar-refractivity contribution is 0.333. The number of fused-ring (bicyclic) bond motifs is 18. The lowest BCUT2D eigenvalue weighted by Gasteiger charge is -2.58. The Balaban J connectivity index is 1.15. The van der Waals surface area contributed by atoms with Gasteiger partial charge in [-0.1, -0.05) is 135 Å². The molecule has 7 aliphatic carbocycles. The molecule has 3 unspecified atom stereocenters. The van der Waals surface area contributed by atoms with Gasteiger partial charge in [0.1, 0.15) is 0 Å². The Morgan fingerprint density at radius 2 is 0.967 bits per heavy atom. The highest BCUT2D eigenvalue weighted by molar-refractivity contribution is 6.30. The van der Waals surface area contributed by atoms with Gasteiger partial charge in [0.15, 0.2) is 0 Å². The van der Waals surface area contributed by atoms with E-state index in [1.54, 1.807) is 0 Å². The number of nitrogens with zero attached hydrogens (tertiary/aromatic N) is 3. The molecular weight excluding hydrogens is 739 g/mol. The molecule has 280 valence electrons. The summed E-state index contributed by atoms with van der Waals surface area (Å²) in [6.07, 6.45) is 0. The Morgan fingerprint density at radius 3 is 1.57 bits per heavy atom. The van der Waals surface area contributed by atoms with E-state index in [0.29, 0.717) is 0 Å². The molecule has 1 spiro atoms. The Morgan fingerprint density at radius 1 is 0.475 bits per heavy atom. The standard InChI is InChI=1S/C58H33N3/c1-57(2)38-20-10-7-17-34(38)48-41(57)25-37-49-42(24-29(27-60)45-52(49)55-36-19-9-12-22-40(36)58(55)39-21-11-8-18-35(39)54(45)58)61-43-23-28(26-59)44-46-30-13-3-5-15-32(30)47(33-16-6-4-14-31(33)46)51(44)50(43)53(48)56(37)61/h3-25,46-47,54-55H,1-2H3. The zero-order valence-corrected chi connectivity index (χ0v) is 33.4. The van der Waals surface area contributed by atoms with Crippen LogP contribution in [0.2, 0.25) is 0 Å². The summed E-state index contributed by atoms with van der Waals surface area (Å²) in [5, 5.41) is 27.7. The summed E-state index contributed by atoms with van der Waals surface area (Å²) in [7, 11) is 0. The van der Waals surface area contributed by atoms with E-state index >= 15 is 0 Å². The van der Waals surface area contributed by atoms with Crippen LogP contribution in [0.4, 0.5) is 0 Å². The first-order valence-electron chi connectivity index (χ1n) is 21.7. The van der Waals surface area contributed by atoms with E-state index < -0.39 is 0 Å². The summed E-state index contributed by atoms with van der Waals surface area (Å²) in [6, 6.07) is 57.6. The lowest BCUT2D eigenvalue weighted by Crippen LogP contribution is -2.52. The predicted octanol–water partition coefficient (Wildman–Crippen LogP) is 12.8. The monoisotopic (exact) mass is 771 g/mol. The average molecular weight is 772 g/mol. The predicted molar refractivity (Wildman–Crippen MR) is 240 cm³/mol. The van der Waals surface area contributed by atoms with Crippen molar-refractivity contribution in [3.63, 3.8) is 0 Å². The van der Waals surface area contributed by atoms with Gasteiger partial charge >= 0.3 is 0 Å². The van der Waals surface area contributed by atoms with Crippen LogP contribution in [0.15, 0.2) is 140 Å². The highest BCUT2D eigenvalue weighted by atomic mass is 14.9. The van der Waals surface area contributed by atoms with Crippen molar-refractivity contribution < 1.29 is 0 Å². The highest BCUT2D eigenvalue weighted by Crippen LogP contribution is 2.78. The van der Waals surface area contributed by atoms with Crippen LogP contribution in [-0.2, 0) is 10.8 Å². The molecule has 3 heteroatoms. The molecule has 7 aliphatic rings. The van der Waals surface area contributed by atoms with Gasteiger partial charge in [-0.3, -0.25) is 0 Å². The van der Waals surface area contributed by atoms with Crippen molar-refractivity contribution in [2.45, 2.75) is 48.3 Å². The molecule has 17 rings (SSSR count). The molecule has 0 fully saturated rings. The third-order valence-electron chi connectivity index (χ3n) is 16.8. The van der Waals surface area contributed by atoms with Crippen LogP contribution in [0.5, 0.6) is 0 Å². The number of aromatic nitrogens is 1. The fourth-order valence-electron chi connectivity index (χ4n) is 14.9. The molecule has 2 heterocycles.